The fraction of sp³-hybridized carbons (Fsp3) is 0.636. The number of aryl methyl sites for hydroxylation is 2. The van der Waals surface area contributed by atoms with Crippen molar-refractivity contribution in [3.05, 3.63) is 17.0 Å². The minimum Gasteiger partial charge on any atom is -0.361 e. The van der Waals surface area contributed by atoms with Gasteiger partial charge in [-0.2, -0.15) is 0 Å². The summed E-state index contributed by atoms with van der Waals surface area (Å²) in [5.74, 6) is 0.753. The largest absolute Gasteiger partial charge is 0.361 e. The van der Waals surface area contributed by atoms with Gasteiger partial charge in [-0.05, 0) is 27.2 Å². The zero-order chi connectivity index (χ0) is 12.3. The van der Waals surface area contributed by atoms with Crippen LogP contribution in [0.1, 0.15) is 43.3 Å². The van der Waals surface area contributed by atoms with E-state index in [2.05, 4.69) is 26.4 Å². The zero-order valence-electron chi connectivity index (χ0n) is 10.0. The summed E-state index contributed by atoms with van der Waals surface area (Å²) in [5.41, 5.74) is 1.79. The molecule has 1 aromatic heterocycles. The summed E-state index contributed by atoms with van der Waals surface area (Å²) in [6, 6.07) is -0.0784. The molecule has 2 unspecified atom stereocenters. The van der Waals surface area contributed by atoms with Crippen molar-refractivity contribution in [2.24, 2.45) is 0 Å². The number of carbonyl (C=O) groups excluding carboxylic acids is 1. The summed E-state index contributed by atoms with van der Waals surface area (Å²) in [5, 5.41) is 6.80. The fourth-order valence-electron chi connectivity index (χ4n) is 1.67. The topological polar surface area (TPSA) is 55.1 Å². The second-order valence-corrected chi connectivity index (χ2v) is 4.95. The normalized spacial score (nSPS) is 14.6. The number of amides is 1. The first-order chi connectivity index (χ1) is 7.47. The Labute approximate surface area is 104 Å². The van der Waals surface area contributed by atoms with E-state index in [9.17, 15) is 4.79 Å². The van der Waals surface area contributed by atoms with E-state index >= 15 is 0 Å². The second kappa shape index (κ2) is 5.48. The minimum atomic E-state index is -0.143. The van der Waals surface area contributed by atoms with Crippen molar-refractivity contribution in [3.8, 4) is 0 Å². The Bertz CT molecular complexity index is 357. The smallest absolute Gasteiger partial charge is 0.234 e. The van der Waals surface area contributed by atoms with Crippen LogP contribution in [0.5, 0.6) is 0 Å². The zero-order valence-corrected chi connectivity index (χ0v) is 11.6. The molecule has 90 valence electrons. The molecule has 0 spiro atoms. The van der Waals surface area contributed by atoms with Gasteiger partial charge in [-0.1, -0.05) is 28.0 Å². The third-order valence-corrected chi connectivity index (χ3v) is 3.59. The summed E-state index contributed by atoms with van der Waals surface area (Å²) in [7, 11) is 0. The maximum Gasteiger partial charge on any atom is 0.234 e. The van der Waals surface area contributed by atoms with Gasteiger partial charge in [0.15, 0.2) is 0 Å². The summed E-state index contributed by atoms with van der Waals surface area (Å²) >= 11 is 3.32. The fourth-order valence-corrected chi connectivity index (χ4v) is 1.80. The van der Waals surface area contributed by atoms with Crippen LogP contribution in [0.2, 0.25) is 0 Å². The summed E-state index contributed by atoms with van der Waals surface area (Å²) in [6.45, 7) is 7.61. The van der Waals surface area contributed by atoms with Crippen molar-refractivity contribution in [1.29, 1.82) is 0 Å². The Hall–Kier alpha value is -0.840. The van der Waals surface area contributed by atoms with Gasteiger partial charge in [0.25, 0.3) is 0 Å². The van der Waals surface area contributed by atoms with Gasteiger partial charge in [-0.3, -0.25) is 4.79 Å². The Morgan fingerprint density at radius 2 is 2.19 bits per heavy atom. The summed E-state index contributed by atoms with van der Waals surface area (Å²) < 4.78 is 5.07. The highest BCUT2D eigenvalue weighted by Crippen LogP contribution is 2.21. The third-order valence-electron chi connectivity index (χ3n) is 2.52. The SMILES string of the molecule is CCC(Br)C(=O)NC(C)c1c(C)noc1C. The minimum absolute atomic E-state index is 0.00463. The van der Waals surface area contributed by atoms with Crippen LogP contribution >= 0.6 is 15.9 Å². The molecule has 4 nitrogen and oxygen atoms in total. The van der Waals surface area contributed by atoms with Crippen LogP contribution in [0, 0.1) is 13.8 Å². The molecule has 1 aromatic rings. The number of hydrogen-bond donors (Lipinski definition) is 1. The number of halogens is 1. The highest BCUT2D eigenvalue weighted by Gasteiger charge is 2.20. The van der Waals surface area contributed by atoms with Gasteiger partial charge in [0.2, 0.25) is 5.91 Å². The van der Waals surface area contributed by atoms with Crippen LogP contribution < -0.4 is 5.32 Å². The molecule has 0 aliphatic rings. The maximum atomic E-state index is 11.7. The number of aromatic nitrogens is 1. The van der Waals surface area contributed by atoms with Crippen LogP contribution in [0.3, 0.4) is 0 Å². The molecular formula is C11H17BrN2O2. The molecule has 0 radical (unpaired) electrons. The molecule has 1 rings (SSSR count). The van der Waals surface area contributed by atoms with E-state index in [0.29, 0.717) is 0 Å². The molecule has 0 saturated heterocycles. The molecule has 0 bridgehead atoms. The average molecular weight is 289 g/mol. The molecule has 16 heavy (non-hydrogen) atoms. The van der Waals surface area contributed by atoms with Gasteiger partial charge < -0.3 is 9.84 Å². The Morgan fingerprint density at radius 1 is 1.56 bits per heavy atom. The number of rotatable bonds is 4. The summed E-state index contributed by atoms with van der Waals surface area (Å²) in [4.78, 5) is 11.6. The van der Waals surface area contributed by atoms with E-state index in [4.69, 9.17) is 4.52 Å². The number of nitrogens with zero attached hydrogens (tertiary/aromatic N) is 1. The van der Waals surface area contributed by atoms with E-state index in [1.165, 1.54) is 0 Å². The van der Waals surface area contributed by atoms with Crippen molar-refractivity contribution < 1.29 is 9.32 Å². The lowest BCUT2D eigenvalue weighted by Gasteiger charge is -2.15. The molecule has 5 heteroatoms. The quantitative estimate of drug-likeness (QED) is 0.867. The molecule has 0 saturated carbocycles. The lowest BCUT2D eigenvalue weighted by atomic mass is 10.1. The Balaban J connectivity index is 2.73. The third kappa shape index (κ3) is 2.84. The van der Waals surface area contributed by atoms with Crippen LogP contribution in [0.25, 0.3) is 0 Å². The second-order valence-electron chi connectivity index (χ2n) is 3.84. The van der Waals surface area contributed by atoms with Crippen LogP contribution in [-0.2, 0) is 4.79 Å². The predicted molar refractivity (Wildman–Crippen MR) is 65.5 cm³/mol. The standard InChI is InChI=1S/C11H17BrN2O2/c1-5-9(12)11(15)13-6(2)10-7(3)14-16-8(10)4/h6,9H,5H2,1-4H3,(H,13,15). The highest BCUT2D eigenvalue weighted by molar-refractivity contribution is 9.10. The molecule has 0 aliphatic heterocycles. The maximum absolute atomic E-state index is 11.7. The van der Waals surface area contributed by atoms with Gasteiger partial charge in [0, 0.05) is 5.56 Å². The Kier molecular flexibility index (Phi) is 4.53. The Morgan fingerprint density at radius 3 is 2.62 bits per heavy atom. The number of nitrogens with one attached hydrogen (secondary N) is 1. The molecule has 0 aliphatic carbocycles. The van der Waals surface area contributed by atoms with Crippen LogP contribution in [0.4, 0.5) is 0 Å². The number of carbonyl (C=O) groups is 1. The van der Waals surface area contributed by atoms with Gasteiger partial charge >= 0.3 is 0 Å². The number of alkyl halides is 1. The van der Waals surface area contributed by atoms with Gasteiger partial charge in [0.1, 0.15) is 5.76 Å². The molecule has 1 amide bonds. The van der Waals surface area contributed by atoms with Crippen molar-refractivity contribution in [3.63, 3.8) is 0 Å². The van der Waals surface area contributed by atoms with Crippen molar-refractivity contribution in [2.45, 2.75) is 45.0 Å². The lowest BCUT2D eigenvalue weighted by Crippen LogP contribution is -2.33. The van der Waals surface area contributed by atoms with Gasteiger partial charge in [-0.25, -0.2) is 0 Å². The lowest BCUT2D eigenvalue weighted by molar-refractivity contribution is -0.121. The first-order valence-electron chi connectivity index (χ1n) is 5.34. The van der Waals surface area contributed by atoms with Crippen LogP contribution in [-0.4, -0.2) is 15.9 Å². The van der Waals surface area contributed by atoms with E-state index in [1.807, 2.05) is 27.7 Å². The van der Waals surface area contributed by atoms with Gasteiger partial charge in [0.05, 0.1) is 16.6 Å². The molecule has 1 N–H and O–H groups in total. The first kappa shape index (κ1) is 13.2. The van der Waals surface area contributed by atoms with Crippen molar-refractivity contribution in [1.82, 2.24) is 10.5 Å². The monoisotopic (exact) mass is 288 g/mol. The van der Waals surface area contributed by atoms with E-state index in [1.54, 1.807) is 0 Å². The van der Waals surface area contributed by atoms with E-state index in [-0.39, 0.29) is 16.8 Å². The van der Waals surface area contributed by atoms with Crippen molar-refractivity contribution in [2.75, 3.05) is 0 Å². The van der Waals surface area contributed by atoms with E-state index in [0.717, 1.165) is 23.4 Å². The molecule has 0 aromatic carbocycles. The first-order valence-corrected chi connectivity index (χ1v) is 6.26. The van der Waals surface area contributed by atoms with E-state index < -0.39 is 0 Å². The highest BCUT2D eigenvalue weighted by atomic mass is 79.9. The predicted octanol–water partition coefficient (Wildman–Crippen LogP) is 2.64. The molecular weight excluding hydrogens is 272 g/mol. The molecule has 1 heterocycles. The molecule has 2 atom stereocenters. The van der Waals surface area contributed by atoms with Gasteiger partial charge in [-0.15, -0.1) is 0 Å². The summed E-state index contributed by atoms with van der Waals surface area (Å²) in [6.07, 6.45) is 0.764. The number of hydrogen-bond acceptors (Lipinski definition) is 3. The average Bonchev–Trinajstić information content (AvgIpc) is 2.57. The van der Waals surface area contributed by atoms with Crippen LogP contribution in [0.15, 0.2) is 4.52 Å². The molecule has 0 fully saturated rings. The van der Waals surface area contributed by atoms with Crippen molar-refractivity contribution >= 4 is 21.8 Å².